The monoisotopic (exact) mass is 800 g/mol. The SMILES string of the molecule is c1ccc(C2(c3ccccc3)c3ccccc3-c3cc4c(cc32)c2oc3ccccc3c2n4-c2ccc(-c3nc4ccccc4c4c5ccccc5c5ccccc5c34)cc2)cc1. The van der Waals surface area contributed by atoms with Gasteiger partial charge in [0.2, 0.25) is 0 Å². The molecule has 0 saturated heterocycles. The molecule has 0 amide bonds. The van der Waals surface area contributed by atoms with E-state index in [4.69, 9.17) is 9.40 Å². The van der Waals surface area contributed by atoms with Crippen LogP contribution in [0.15, 0.2) is 223 Å². The Balaban J connectivity index is 1.05. The molecule has 0 saturated carbocycles. The van der Waals surface area contributed by atoms with Gasteiger partial charge in [-0.1, -0.05) is 176 Å². The first-order valence-electron chi connectivity index (χ1n) is 21.7. The van der Waals surface area contributed by atoms with Crippen LogP contribution in [0.1, 0.15) is 22.3 Å². The van der Waals surface area contributed by atoms with Crippen molar-refractivity contribution in [2.24, 2.45) is 0 Å². The second kappa shape index (κ2) is 12.9. The average molecular weight is 801 g/mol. The van der Waals surface area contributed by atoms with E-state index in [0.29, 0.717) is 0 Å². The lowest BCUT2D eigenvalue weighted by Crippen LogP contribution is -2.28. The minimum absolute atomic E-state index is 0.518. The molecule has 0 atom stereocenters. The average Bonchev–Trinajstić information content (AvgIpc) is 3.99. The lowest BCUT2D eigenvalue weighted by atomic mass is 9.67. The summed E-state index contributed by atoms with van der Waals surface area (Å²) in [6.07, 6.45) is 0. The van der Waals surface area contributed by atoms with E-state index in [0.717, 1.165) is 55.4 Å². The van der Waals surface area contributed by atoms with Gasteiger partial charge in [-0.25, -0.2) is 4.98 Å². The molecule has 3 heteroatoms. The maximum Gasteiger partial charge on any atom is 0.161 e. The molecule has 10 aromatic carbocycles. The predicted molar refractivity (Wildman–Crippen MR) is 261 cm³/mol. The number of fused-ring (bicyclic) bond motifs is 16. The van der Waals surface area contributed by atoms with Gasteiger partial charge in [-0.15, -0.1) is 0 Å². The normalized spacial score (nSPS) is 13.2. The van der Waals surface area contributed by atoms with Crippen LogP contribution in [0.25, 0.3) is 104 Å². The van der Waals surface area contributed by atoms with Crippen LogP contribution in [0.5, 0.6) is 0 Å². The molecule has 0 unspecified atom stereocenters. The molecule has 3 aromatic heterocycles. The molecule has 0 spiro atoms. The second-order valence-electron chi connectivity index (χ2n) is 16.9. The first kappa shape index (κ1) is 34.4. The summed E-state index contributed by atoms with van der Waals surface area (Å²) in [6.45, 7) is 0. The van der Waals surface area contributed by atoms with Crippen LogP contribution in [0, 0.1) is 0 Å². The summed E-state index contributed by atoms with van der Waals surface area (Å²) in [5.74, 6) is 0. The smallest absolute Gasteiger partial charge is 0.161 e. The molecule has 0 N–H and O–H groups in total. The van der Waals surface area contributed by atoms with E-state index in [2.05, 4.69) is 223 Å². The number of hydrogen-bond donors (Lipinski definition) is 0. The fourth-order valence-electron chi connectivity index (χ4n) is 11.3. The molecular formula is C60H36N2O. The van der Waals surface area contributed by atoms with Crippen molar-refractivity contribution < 1.29 is 4.42 Å². The molecule has 0 aliphatic heterocycles. The maximum absolute atomic E-state index is 6.91. The van der Waals surface area contributed by atoms with Gasteiger partial charge in [-0.3, -0.25) is 0 Å². The highest BCUT2D eigenvalue weighted by Gasteiger charge is 2.46. The van der Waals surface area contributed by atoms with Crippen molar-refractivity contribution in [3.8, 4) is 28.1 Å². The lowest BCUT2D eigenvalue weighted by Gasteiger charge is -2.33. The summed E-state index contributed by atoms with van der Waals surface area (Å²) in [5.41, 5.74) is 15.1. The van der Waals surface area contributed by atoms with E-state index in [1.165, 1.54) is 71.1 Å². The van der Waals surface area contributed by atoms with E-state index in [1.54, 1.807) is 0 Å². The molecule has 13 aromatic rings. The zero-order chi connectivity index (χ0) is 41.2. The van der Waals surface area contributed by atoms with E-state index < -0.39 is 5.41 Å². The first-order chi connectivity index (χ1) is 31.3. The van der Waals surface area contributed by atoms with Crippen molar-refractivity contribution in [3.05, 3.63) is 241 Å². The third-order valence-electron chi connectivity index (χ3n) is 13.8. The Morgan fingerprint density at radius 2 is 0.984 bits per heavy atom. The summed E-state index contributed by atoms with van der Waals surface area (Å²) in [4.78, 5) is 5.46. The Morgan fingerprint density at radius 3 is 1.70 bits per heavy atom. The van der Waals surface area contributed by atoms with Gasteiger partial charge in [-0.2, -0.15) is 0 Å². The third-order valence-corrected chi connectivity index (χ3v) is 13.8. The Morgan fingerprint density at radius 1 is 0.413 bits per heavy atom. The topological polar surface area (TPSA) is 31.0 Å². The number of furan rings is 1. The highest BCUT2D eigenvalue weighted by molar-refractivity contribution is 6.33. The molecule has 3 heterocycles. The van der Waals surface area contributed by atoms with Crippen LogP contribution in [0.2, 0.25) is 0 Å². The van der Waals surface area contributed by atoms with Crippen molar-refractivity contribution in [2.75, 3.05) is 0 Å². The molecule has 0 bridgehead atoms. The van der Waals surface area contributed by atoms with Gasteiger partial charge in [0.1, 0.15) is 11.1 Å². The number of pyridine rings is 1. The van der Waals surface area contributed by atoms with Gasteiger partial charge in [0.05, 0.1) is 22.1 Å². The molecule has 0 fully saturated rings. The Bertz CT molecular complexity index is 3970. The Labute approximate surface area is 362 Å². The molecule has 1 aliphatic carbocycles. The van der Waals surface area contributed by atoms with E-state index in [-0.39, 0.29) is 0 Å². The van der Waals surface area contributed by atoms with Crippen LogP contribution in [-0.2, 0) is 5.41 Å². The van der Waals surface area contributed by atoms with E-state index in [1.807, 2.05) is 0 Å². The van der Waals surface area contributed by atoms with Gasteiger partial charge in [0.25, 0.3) is 0 Å². The summed E-state index contributed by atoms with van der Waals surface area (Å²) in [6, 6.07) is 79.5. The molecule has 1 aliphatic rings. The first-order valence-corrected chi connectivity index (χ1v) is 21.7. The highest BCUT2D eigenvalue weighted by atomic mass is 16.3. The van der Waals surface area contributed by atoms with Crippen molar-refractivity contribution in [1.29, 1.82) is 0 Å². The van der Waals surface area contributed by atoms with Crippen molar-refractivity contribution in [1.82, 2.24) is 9.55 Å². The van der Waals surface area contributed by atoms with Crippen LogP contribution >= 0.6 is 0 Å². The van der Waals surface area contributed by atoms with Gasteiger partial charge in [0.15, 0.2) is 5.58 Å². The number of aromatic nitrogens is 2. The lowest BCUT2D eigenvalue weighted by molar-refractivity contribution is 0.672. The largest absolute Gasteiger partial charge is 0.454 e. The van der Waals surface area contributed by atoms with Crippen molar-refractivity contribution in [3.63, 3.8) is 0 Å². The van der Waals surface area contributed by atoms with Gasteiger partial charge in [0, 0.05) is 38.2 Å². The van der Waals surface area contributed by atoms with Crippen LogP contribution in [0.4, 0.5) is 0 Å². The molecule has 14 rings (SSSR count). The van der Waals surface area contributed by atoms with Gasteiger partial charge in [-0.05, 0) is 97.4 Å². The van der Waals surface area contributed by atoms with E-state index >= 15 is 0 Å². The number of nitrogens with zero attached hydrogens (tertiary/aromatic N) is 2. The Hall–Kier alpha value is -8.27. The minimum atomic E-state index is -0.518. The number of para-hydroxylation sites is 2. The van der Waals surface area contributed by atoms with Crippen molar-refractivity contribution >= 4 is 76.2 Å². The summed E-state index contributed by atoms with van der Waals surface area (Å²) >= 11 is 0. The van der Waals surface area contributed by atoms with Crippen LogP contribution in [-0.4, -0.2) is 9.55 Å². The quantitative estimate of drug-likeness (QED) is 0.166. The zero-order valence-electron chi connectivity index (χ0n) is 34.1. The number of rotatable bonds is 4. The van der Waals surface area contributed by atoms with E-state index in [9.17, 15) is 0 Å². The number of benzene rings is 10. The maximum atomic E-state index is 6.91. The van der Waals surface area contributed by atoms with Gasteiger partial charge >= 0.3 is 0 Å². The zero-order valence-corrected chi connectivity index (χ0v) is 34.1. The third kappa shape index (κ3) is 4.60. The summed E-state index contributed by atoms with van der Waals surface area (Å²) in [5, 5.41) is 10.7. The standard InChI is InChI=1S/C60H36N2O/c1-3-17-38(18-4-1)60(39-19-5-2-6-20-39)50-28-14-11-23-43(50)48-36-53-49(35-51(48)60)59-58(47-27-13-16-30-54(47)63-59)62(53)40-33-31-37(32-34-40)57-56-45-25-10-8-22-42(45)41-21-7-9-24-44(41)55(56)46-26-12-15-29-52(46)61-57/h1-36H. The second-order valence-corrected chi connectivity index (χ2v) is 16.9. The summed E-state index contributed by atoms with van der Waals surface area (Å²) < 4.78 is 9.33. The summed E-state index contributed by atoms with van der Waals surface area (Å²) in [7, 11) is 0. The van der Waals surface area contributed by atoms with Crippen LogP contribution in [0.3, 0.4) is 0 Å². The van der Waals surface area contributed by atoms with Gasteiger partial charge < -0.3 is 8.98 Å². The molecule has 63 heavy (non-hydrogen) atoms. The molecule has 292 valence electrons. The fraction of sp³-hybridized carbons (Fsp3) is 0.0167. The van der Waals surface area contributed by atoms with Crippen LogP contribution < -0.4 is 0 Å². The highest BCUT2D eigenvalue weighted by Crippen LogP contribution is 2.58. The molecular weight excluding hydrogens is 765 g/mol. The predicted octanol–water partition coefficient (Wildman–Crippen LogP) is 15.6. The minimum Gasteiger partial charge on any atom is -0.454 e. The fourth-order valence-corrected chi connectivity index (χ4v) is 11.3. The van der Waals surface area contributed by atoms with Crippen molar-refractivity contribution in [2.45, 2.75) is 5.41 Å². The molecule has 0 radical (unpaired) electrons. The Kier molecular flexibility index (Phi) is 7.04. The molecule has 3 nitrogen and oxygen atoms in total. The number of hydrogen-bond acceptors (Lipinski definition) is 2.